The fourth-order valence-electron chi connectivity index (χ4n) is 5.33. The monoisotopic (exact) mass is 778 g/mol. The van der Waals surface area contributed by atoms with Crippen LogP contribution in [-0.2, 0) is 22.2 Å². The molecule has 6 rings (SSSR count). The quantitative estimate of drug-likeness (QED) is 0.0871. The van der Waals surface area contributed by atoms with Crippen LogP contribution in [0.1, 0.15) is 92.0 Å². The number of alkyl halides is 6. The minimum atomic E-state index is -4.90. The first kappa shape index (κ1) is 38.0. The van der Waals surface area contributed by atoms with Crippen molar-refractivity contribution in [3.8, 4) is 0 Å². The molecule has 50 heavy (non-hydrogen) atoms. The molecule has 0 saturated heterocycles. The van der Waals surface area contributed by atoms with E-state index in [2.05, 4.69) is 10.3 Å². The van der Waals surface area contributed by atoms with Crippen LogP contribution in [0.15, 0.2) is 65.3 Å². The second kappa shape index (κ2) is 14.4. The van der Waals surface area contributed by atoms with E-state index < -0.39 is 60.2 Å². The number of carbonyl (C=O) groups excluding carboxylic acids is 2. The first-order valence-electron chi connectivity index (χ1n) is 14.7. The Hall–Kier alpha value is -3.22. The SMILES string of the molecule is CSc1c(S(C)(=O)=O)ccc(C(=O)c2cnoc2C2CC2)c1C(F)(F)F.CSc1ccc(C(=O)c2cnoc2C2CC2)c(C(F)(F)F)c1SC. The molecule has 2 aromatic carbocycles. The van der Waals surface area contributed by atoms with Crippen molar-refractivity contribution in [3.05, 3.63) is 81.6 Å². The number of hydrogen-bond donors (Lipinski definition) is 0. The summed E-state index contributed by atoms with van der Waals surface area (Å²) in [7, 11) is -3.90. The number of thioether (sulfide) groups is 3. The highest BCUT2D eigenvalue weighted by atomic mass is 32.2. The van der Waals surface area contributed by atoms with E-state index in [0.29, 0.717) is 22.4 Å². The molecule has 8 nitrogen and oxygen atoms in total. The number of halogens is 6. The molecule has 2 aliphatic carbocycles. The van der Waals surface area contributed by atoms with Crippen LogP contribution in [0.5, 0.6) is 0 Å². The molecule has 268 valence electrons. The predicted octanol–water partition coefficient (Wildman–Crippen LogP) is 9.17. The Morgan fingerprint density at radius 1 is 0.680 bits per heavy atom. The van der Waals surface area contributed by atoms with Crippen molar-refractivity contribution in [2.45, 2.75) is 69.5 Å². The van der Waals surface area contributed by atoms with E-state index in [0.717, 1.165) is 62.0 Å². The van der Waals surface area contributed by atoms with Gasteiger partial charge in [0.15, 0.2) is 32.9 Å². The van der Waals surface area contributed by atoms with Gasteiger partial charge in [-0.05, 0) is 68.7 Å². The van der Waals surface area contributed by atoms with Crippen LogP contribution in [0, 0.1) is 0 Å². The van der Waals surface area contributed by atoms with Gasteiger partial charge >= 0.3 is 12.4 Å². The van der Waals surface area contributed by atoms with Gasteiger partial charge < -0.3 is 9.05 Å². The smallest absolute Gasteiger partial charge is 0.360 e. The summed E-state index contributed by atoms with van der Waals surface area (Å²) < 4.78 is 116. The number of nitrogens with zero attached hydrogens (tertiary/aromatic N) is 2. The average molecular weight is 779 g/mol. The lowest BCUT2D eigenvalue weighted by atomic mass is 9.97. The third kappa shape index (κ3) is 7.82. The summed E-state index contributed by atoms with van der Waals surface area (Å²) in [4.78, 5) is 25.2. The molecule has 2 heterocycles. The minimum absolute atomic E-state index is 0.0129. The maximum atomic E-state index is 13.7. The van der Waals surface area contributed by atoms with E-state index in [4.69, 9.17) is 9.05 Å². The fourth-order valence-corrected chi connectivity index (χ4v) is 9.18. The van der Waals surface area contributed by atoms with Crippen LogP contribution < -0.4 is 0 Å². The zero-order valence-electron chi connectivity index (χ0n) is 26.7. The first-order chi connectivity index (χ1) is 23.4. The Morgan fingerprint density at radius 2 is 1.10 bits per heavy atom. The second-order valence-electron chi connectivity index (χ2n) is 11.4. The normalized spacial score (nSPS) is 15.1. The van der Waals surface area contributed by atoms with Crippen molar-refractivity contribution in [1.29, 1.82) is 0 Å². The molecule has 0 bridgehead atoms. The fraction of sp³-hybridized carbons (Fsp3) is 0.375. The van der Waals surface area contributed by atoms with Crippen LogP contribution >= 0.6 is 35.3 Å². The molecule has 2 saturated carbocycles. The lowest BCUT2D eigenvalue weighted by Crippen LogP contribution is -2.18. The van der Waals surface area contributed by atoms with E-state index >= 15 is 0 Å². The number of benzene rings is 2. The Balaban J connectivity index is 0.000000195. The van der Waals surface area contributed by atoms with Crippen molar-refractivity contribution in [2.24, 2.45) is 0 Å². The van der Waals surface area contributed by atoms with Gasteiger partial charge in [-0.15, -0.1) is 35.3 Å². The highest BCUT2D eigenvalue weighted by molar-refractivity contribution is 8.01. The van der Waals surface area contributed by atoms with Crippen molar-refractivity contribution in [1.82, 2.24) is 10.3 Å². The van der Waals surface area contributed by atoms with Gasteiger partial charge in [-0.25, -0.2) is 8.42 Å². The van der Waals surface area contributed by atoms with Gasteiger partial charge in [0.25, 0.3) is 0 Å². The number of carbonyl (C=O) groups is 2. The molecular weight excluding hydrogens is 751 g/mol. The molecule has 2 aromatic heterocycles. The molecule has 18 heteroatoms. The molecular formula is C32H28F6N2O6S4. The maximum absolute atomic E-state index is 13.7. The van der Waals surface area contributed by atoms with Crippen molar-refractivity contribution < 1.29 is 53.4 Å². The zero-order valence-corrected chi connectivity index (χ0v) is 30.0. The molecule has 0 aliphatic heterocycles. The first-order valence-corrected chi connectivity index (χ1v) is 20.3. The van der Waals surface area contributed by atoms with Crippen LogP contribution in [0.3, 0.4) is 0 Å². The molecule has 2 fully saturated rings. The summed E-state index contributed by atoms with van der Waals surface area (Å²) in [5, 5.41) is 7.15. The molecule has 0 radical (unpaired) electrons. The predicted molar refractivity (Wildman–Crippen MR) is 175 cm³/mol. The molecule has 4 aromatic rings. The number of sulfone groups is 1. The molecule has 0 amide bonds. The van der Waals surface area contributed by atoms with Crippen molar-refractivity contribution >= 4 is 56.7 Å². The van der Waals surface area contributed by atoms with Gasteiger partial charge in [-0.1, -0.05) is 10.3 Å². The summed E-state index contributed by atoms with van der Waals surface area (Å²) in [6.45, 7) is 0. The third-order valence-corrected chi connectivity index (χ3v) is 11.8. The topological polar surface area (TPSA) is 120 Å². The molecule has 0 atom stereocenters. The summed E-state index contributed by atoms with van der Waals surface area (Å²) in [5.41, 5.74) is -2.98. The van der Waals surface area contributed by atoms with Gasteiger partial charge in [0.1, 0.15) is 0 Å². The van der Waals surface area contributed by atoms with E-state index in [-0.39, 0.29) is 39.2 Å². The molecule has 0 N–H and O–H groups in total. The van der Waals surface area contributed by atoms with Gasteiger partial charge in [0.05, 0.1) is 39.5 Å². The van der Waals surface area contributed by atoms with Gasteiger partial charge in [-0.3, -0.25) is 9.59 Å². The maximum Gasteiger partial charge on any atom is 0.418 e. The highest BCUT2D eigenvalue weighted by Gasteiger charge is 2.43. The molecule has 0 unspecified atom stereocenters. The van der Waals surface area contributed by atoms with Gasteiger partial charge in [0.2, 0.25) is 0 Å². The lowest BCUT2D eigenvalue weighted by molar-refractivity contribution is -0.141. The van der Waals surface area contributed by atoms with Crippen molar-refractivity contribution in [2.75, 3.05) is 25.0 Å². The standard InChI is InChI=1S/C16H14F3NO4S2.C16H14F3NO2S2/c1-25-15-11(26(2,22)23)6-5-9(12(15)16(17,18)19)13(21)10-7-20-24-14(10)8-3-4-8;1-23-11-6-5-9(12(15(11)24-2)16(17,18)19)13(21)10-7-20-22-14(10)8-3-4-8/h5-8H,3-4H2,1-2H3;5-8H,3-4H2,1-2H3. The van der Waals surface area contributed by atoms with Gasteiger partial charge in [-0.2, -0.15) is 26.3 Å². The minimum Gasteiger partial charge on any atom is -0.360 e. The Kier molecular flexibility index (Phi) is 11.0. The summed E-state index contributed by atoms with van der Waals surface area (Å²) in [5.74, 6) is -0.814. The summed E-state index contributed by atoms with van der Waals surface area (Å²) in [6.07, 6.45) is 1.55. The Labute approximate surface area is 295 Å². The Bertz CT molecular complexity index is 2050. The number of hydrogen-bond acceptors (Lipinski definition) is 11. The van der Waals surface area contributed by atoms with Crippen LogP contribution in [0.2, 0.25) is 0 Å². The van der Waals surface area contributed by atoms with E-state index in [9.17, 15) is 44.3 Å². The van der Waals surface area contributed by atoms with E-state index in [1.54, 1.807) is 18.6 Å². The Morgan fingerprint density at radius 3 is 1.46 bits per heavy atom. The third-order valence-electron chi connectivity index (χ3n) is 7.91. The zero-order chi connectivity index (χ0) is 36.8. The lowest BCUT2D eigenvalue weighted by Gasteiger charge is -2.18. The highest BCUT2D eigenvalue weighted by Crippen LogP contribution is 2.47. The summed E-state index contributed by atoms with van der Waals surface area (Å²) >= 11 is 2.85. The van der Waals surface area contributed by atoms with E-state index in [1.807, 2.05) is 0 Å². The number of rotatable bonds is 10. The number of aromatic nitrogens is 2. The summed E-state index contributed by atoms with van der Waals surface area (Å²) in [6, 6.07) is 4.75. The van der Waals surface area contributed by atoms with Crippen LogP contribution in [0.25, 0.3) is 0 Å². The largest absolute Gasteiger partial charge is 0.418 e. The van der Waals surface area contributed by atoms with Gasteiger partial charge in [0, 0.05) is 43.9 Å². The van der Waals surface area contributed by atoms with Crippen molar-refractivity contribution in [3.63, 3.8) is 0 Å². The van der Waals surface area contributed by atoms with Crippen LogP contribution in [-0.4, -0.2) is 55.3 Å². The van der Waals surface area contributed by atoms with Crippen LogP contribution in [0.4, 0.5) is 26.3 Å². The molecule has 2 aliphatic rings. The second-order valence-corrected chi connectivity index (χ2v) is 15.9. The molecule has 0 spiro atoms. The van der Waals surface area contributed by atoms with E-state index in [1.165, 1.54) is 30.3 Å². The number of ketones is 2. The average Bonchev–Trinajstić information content (AvgIpc) is 3.99.